The Morgan fingerprint density at radius 3 is 1.33 bits per heavy atom. The minimum absolute atomic E-state index is 0.863. The maximum Gasteiger partial charge on any atom is 0.0488 e. The van der Waals surface area contributed by atoms with Crippen LogP contribution in [0.2, 0.25) is 0 Å². The first-order valence-corrected chi connectivity index (χ1v) is 8.26. The van der Waals surface area contributed by atoms with Crippen molar-refractivity contribution in [2.75, 3.05) is 0 Å². The lowest BCUT2D eigenvalue weighted by Gasteiger charge is -2.14. The molecule has 4 rings (SSSR count). The third-order valence-electron chi connectivity index (χ3n) is 4.30. The van der Waals surface area contributed by atoms with Crippen LogP contribution < -0.4 is 0 Å². The molecule has 0 fully saturated rings. The molecule has 0 spiro atoms. The molecule has 0 aliphatic carbocycles. The zero-order chi connectivity index (χ0) is 16.2. The predicted molar refractivity (Wildman–Crippen MR) is 101 cm³/mol. The highest BCUT2D eigenvalue weighted by atomic mass is 15.0. The summed E-state index contributed by atoms with van der Waals surface area (Å²) >= 11 is 0. The second-order valence-electron chi connectivity index (χ2n) is 5.91. The Bertz CT molecular complexity index is 849. The molecule has 1 aromatic heterocycles. The smallest absolute Gasteiger partial charge is 0.0488 e. The number of rotatable bonds is 4. The first-order valence-electron chi connectivity index (χ1n) is 8.26. The fourth-order valence-corrected chi connectivity index (χ4v) is 3.13. The Hall–Kier alpha value is -3.06. The zero-order valence-corrected chi connectivity index (χ0v) is 13.5. The molecule has 0 atom stereocenters. The van der Waals surface area contributed by atoms with Gasteiger partial charge in [0.05, 0.1) is 0 Å². The Morgan fingerprint density at radius 2 is 0.875 bits per heavy atom. The molecule has 0 radical (unpaired) electrons. The van der Waals surface area contributed by atoms with E-state index in [9.17, 15) is 0 Å². The van der Waals surface area contributed by atoms with Crippen LogP contribution in [-0.4, -0.2) is 4.57 Å². The molecule has 116 valence electrons. The highest BCUT2D eigenvalue weighted by Gasteiger charge is 2.11. The van der Waals surface area contributed by atoms with Gasteiger partial charge in [-0.05, 0) is 28.8 Å². The fourth-order valence-electron chi connectivity index (χ4n) is 3.13. The van der Waals surface area contributed by atoms with Crippen LogP contribution in [0.3, 0.4) is 0 Å². The molecule has 4 aromatic rings. The molecule has 0 N–H and O–H groups in total. The van der Waals surface area contributed by atoms with Crippen LogP contribution in [0.4, 0.5) is 0 Å². The van der Waals surface area contributed by atoms with Gasteiger partial charge in [-0.2, -0.15) is 0 Å². The lowest BCUT2D eigenvalue weighted by molar-refractivity contribution is 0.822. The molecule has 0 bridgehead atoms. The summed E-state index contributed by atoms with van der Waals surface area (Å²) in [4.78, 5) is 0. The molecule has 1 heteroatoms. The largest absolute Gasteiger partial charge is 0.336 e. The molecule has 0 unspecified atom stereocenters. The number of nitrogens with zero attached hydrogens (tertiary/aromatic N) is 1. The van der Waals surface area contributed by atoms with Crippen molar-refractivity contribution in [3.63, 3.8) is 0 Å². The summed E-state index contributed by atoms with van der Waals surface area (Å²) in [6, 6.07) is 36.3. The van der Waals surface area contributed by atoms with Crippen LogP contribution in [0, 0.1) is 0 Å². The van der Waals surface area contributed by atoms with E-state index in [1.807, 2.05) is 0 Å². The molecule has 0 saturated heterocycles. The Morgan fingerprint density at radius 1 is 0.458 bits per heavy atom. The SMILES string of the molecule is c1ccc(Cn2c(-c3ccccc3)ccc2-c2ccccc2)cc1. The zero-order valence-electron chi connectivity index (χ0n) is 13.5. The minimum Gasteiger partial charge on any atom is -0.336 e. The van der Waals surface area contributed by atoms with Crippen molar-refractivity contribution in [3.05, 3.63) is 109 Å². The van der Waals surface area contributed by atoms with Crippen molar-refractivity contribution in [3.8, 4) is 22.5 Å². The highest BCUT2D eigenvalue weighted by molar-refractivity contribution is 5.69. The van der Waals surface area contributed by atoms with Gasteiger partial charge < -0.3 is 4.57 Å². The van der Waals surface area contributed by atoms with Crippen molar-refractivity contribution in [2.45, 2.75) is 6.54 Å². The van der Waals surface area contributed by atoms with Gasteiger partial charge in [0.25, 0.3) is 0 Å². The van der Waals surface area contributed by atoms with E-state index < -0.39 is 0 Å². The molecule has 24 heavy (non-hydrogen) atoms. The maximum atomic E-state index is 2.40. The van der Waals surface area contributed by atoms with Crippen molar-refractivity contribution in [1.82, 2.24) is 4.57 Å². The Balaban J connectivity index is 1.85. The van der Waals surface area contributed by atoms with Gasteiger partial charge in [0, 0.05) is 17.9 Å². The molecule has 0 aliphatic rings. The summed E-state index contributed by atoms with van der Waals surface area (Å²) in [6.45, 7) is 0.863. The summed E-state index contributed by atoms with van der Waals surface area (Å²) in [5.41, 5.74) is 6.30. The lowest BCUT2D eigenvalue weighted by Crippen LogP contribution is -2.03. The predicted octanol–water partition coefficient (Wildman–Crippen LogP) is 5.87. The van der Waals surface area contributed by atoms with Gasteiger partial charge >= 0.3 is 0 Å². The van der Waals surface area contributed by atoms with E-state index in [-0.39, 0.29) is 0 Å². The summed E-state index contributed by atoms with van der Waals surface area (Å²) < 4.78 is 2.40. The molecular weight excluding hydrogens is 290 g/mol. The topological polar surface area (TPSA) is 4.93 Å². The van der Waals surface area contributed by atoms with Gasteiger partial charge in [-0.3, -0.25) is 0 Å². The van der Waals surface area contributed by atoms with Crippen LogP contribution in [-0.2, 0) is 6.54 Å². The average Bonchev–Trinajstić information content (AvgIpc) is 3.07. The third kappa shape index (κ3) is 2.89. The summed E-state index contributed by atoms with van der Waals surface area (Å²) in [5, 5.41) is 0. The molecule has 0 aliphatic heterocycles. The van der Waals surface area contributed by atoms with Crippen LogP contribution in [0.25, 0.3) is 22.5 Å². The van der Waals surface area contributed by atoms with Crippen molar-refractivity contribution in [1.29, 1.82) is 0 Å². The fraction of sp³-hybridized carbons (Fsp3) is 0.0435. The first-order chi connectivity index (χ1) is 11.9. The quantitative estimate of drug-likeness (QED) is 0.444. The van der Waals surface area contributed by atoms with Gasteiger partial charge in [-0.15, -0.1) is 0 Å². The van der Waals surface area contributed by atoms with E-state index in [2.05, 4.69) is 108 Å². The molecule has 0 amide bonds. The van der Waals surface area contributed by atoms with Crippen LogP contribution in [0.1, 0.15) is 5.56 Å². The van der Waals surface area contributed by atoms with Gasteiger partial charge in [0.2, 0.25) is 0 Å². The van der Waals surface area contributed by atoms with E-state index in [0.29, 0.717) is 0 Å². The summed E-state index contributed by atoms with van der Waals surface area (Å²) in [5.74, 6) is 0. The molecule has 1 heterocycles. The standard InChI is InChI=1S/C23H19N/c1-4-10-19(11-5-1)18-24-22(20-12-6-2-7-13-20)16-17-23(24)21-14-8-3-9-15-21/h1-17H,18H2. The Labute approximate surface area is 142 Å². The van der Waals surface area contributed by atoms with Crippen LogP contribution in [0.15, 0.2) is 103 Å². The maximum absolute atomic E-state index is 2.40. The summed E-state index contributed by atoms with van der Waals surface area (Å²) in [6.07, 6.45) is 0. The van der Waals surface area contributed by atoms with E-state index in [0.717, 1.165) is 6.54 Å². The second-order valence-corrected chi connectivity index (χ2v) is 5.91. The van der Waals surface area contributed by atoms with E-state index in [1.54, 1.807) is 0 Å². The van der Waals surface area contributed by atoms with E-state index in [1.165, 1.54) is 28.1 Å². The third-order valence-corrected chi connectivity index (χ3v) is 4.30. The second kappa shape index (κ2) is 6.59. The van der Waals surface area contributed by atoms with Crippen molar-refractivity contribution in [2.24, 2.45) is 0 Å². The average molecular weight is 309 g/mol. The van der Waals surface area contributed by atoms with Crippen molar-refractivity contribution < 1.29 is 0 Å². The monoisotopic (exact) mass is 309 g/mol. The molecule has 3 aromatic carbocycles. The number of benzene rings is 3. The van der Waals surface area contributed by atoms with Gasteiger partial charge in [0.1, 0.15) is 0 Å². The Kier molecular flexibility index (Phi) is 3.99. The van der Waals surface area contributed by atoms with Crippen molar-refractivity contribution >= 4 is 0 Å². The van der Waals surface area contributed by atoms with Gasteiger partial charge in [0.15, 0.2) is 0 Å². The summed E-state index contributed by atoms with van der Waals surface area (Å²) in [7, 11) is 0. The minimum atomic E-state index is 0.863. The molecule has 1 nitrogen and oxygen atoms in total. The first kappa shape index (κ1) is 14.5. The van der Waals surface area contributed by atoms with E-state index >= 15 is 0 Å². The van der Waals surface area contributed by atoms with E-state index in [4.69, 9.17) is 0 Å². The van der Waals surface area contributed by atoms with Gasteiger partial charge in [-0.25, -0.2) is 0 Å². The van der Waals surface area contributed by atoms with Crippen LogP contribution in [0.5, 0.6) is 0 Å². The highest BCUT2D eigenvalue weighted by Crippen LogP contribution is 2.29. The molecule has 0 saturated carbocycles. The van der Waals surface area contributed by atoms with Gasteiger partial charge in [-0.1, -0.05) is 91.0 Å². The number of hydrogen-bond donors (Lipinski definition) is 0. The normalized spacial score (nSPS) is 10.7. The number of hydrogen-bond acceptors (Lipinski definition) is 0. The van der Waals surface area contributed by atoms with Crippen LogP contribution >= 0.6 is 0 Å². The number of aromatic nitrogens is 1. The molecular formula is C23H19N. The lowest BCUT2D eigenvalue weighted by atomic mass is 10.1.